The molecular weight excluding hydrogens is 319 g/mol. The number of amides is 1. The van der Waals surface area contributed by atoms with Crippen molar-refractivity contribution in [1.29, 1.82) is 0 Å². The van der Waals surface area contributed by atoms with Crippen LogP contribution in [0.5, 0.6) is 0 Å². The Kier molecular flexibility index (Phi) is 5.68. The van der Waals surface area contributed by atoms with Crippen LogP contribution >= 0.6 is 0 Å². The Morgan fingerprint density at radius 2 is 2.24 bits per heavy atom. The molecule has 2 heterocycles. The molecule has 1 fully saturated rings. The van der Waals surface area contributed by atoms with E-state index in [1.54, 1.807) is 6.07 Å². The summed E-state index contributed by atoms with van der Waals surface area (Å²) in [6.45, 7) is 4.33. The topological polar surface area (TPSA) is 52.2 Å². The van der Waals surface area contributed by atoms with Gasteiger partial charge in [0.15, 0.2) is 0 Å². The molecule has 1 N–H and O–H groups in total. The van der Waals surface area contributed by atoms with Gasteiger partial charge in [-0.2, -0.15) is 0 Å². The Bertz CT molecular complexity index is 729. The molecule has 1 aliphatic rings. The van der Waals surface area contributed by atoms with E-state index in [4.69, 9.17) is 0 Å². The van der Waals surface area contributed by atoms with Gasteiger partial charge in [0.2, 0.25) is 5.91 Å². The van der Waals surface area contributed by atoms with Gasteiger partial charge in [0.05, 0.1) is 17.1 Å². The number of aromatic amines is 1. The Labute approximate surface area is 148 Å². The van der Waals surface area contributed by atoms with Gasteiger partial charge in [0.25, 0.3) is 0 Å². The van der Waals surface area contributed by atoms with Gasteiger partial charge in [-0.25, -0.2) is 9.37 Å². The number of carbonyl (C=O) groups excluding carboxylic acids is 1. The number of imidazole rings is 1. The first-order valence-electron chi connectivity index (χ1n) is 9.21. The van der Waals surface area contributed by atoms with Gasteiger partial charge in [-0.15, -0.1) is 0 Å². The minimum atomic E-state index is -0.274. The largest absolute Gasteiger partial charge is 0.342 e. The van der Waals surface area contributed by atoms with Crippen molar-refractivity contribution >= 4 is 16.9 Å². The molecule has 6 heteroatoms. The maximum absolute atomic E-state index is 13.3. The molecule has 0 spiro atoms. The minimum Gasteiger partial charge on any atom is -0.342 e. The molecule has 136 valence electrons. The molecule has 0 bridgehead atoms. The van der Waals surface area contributed by atoms with Gasteiger partial charge in [-0.1, -0.05) is 12.8 Å². The highest BCUT2D eigenvalue weighted by molar-refractivity contribution is 5.82. The second-order valence-corrected chi connectivity index (χ2v) is 6.86. The third-order valence-electron chi connectivity index (χ3n) is 5.11. The lowest BCUT2D eigenvalue weighted by atomic mass is 10.1. The number of aromatic nitrogens is 2. The van der Waals surface area contributed by atoms with E-state index in [1.807, 2.05) is 11.8 Å². The molecule has 25 heavy (non-hydrogen) atoms. The van der Waals surface area contributed by atoms with Crippen LogP contribution in [0.2, 0.25) is 0 Å². The summed E-state index contributed by atoms with van der Waals surface area (Å²) in [6.07, 6.45) is 5.08. The molecule has 1 saturated heterocycles. The van der Waals surface area contributed by atoms with Crippen LogP contribution < -0.4 is 0 Å². The summed E-state index contributed by atoms with van der Waals surface area (Å²) in [5.74, 6) is 0.736. The fourth-order valence-electron chi connectivity index (χ4n) is 3.59. The third kappa shape index (κ3) is 4.18. The summed E-state index contributed by atoms with van der Waals surface area (Å²) in [4.78, 5) is 24.7. The highest BCUT2D eigenvalue weighted by Crippen LogP contribution is 2.18. The van der Waals surface area contributed by atoms with Crippen LogP contribution in [0.1, 0.15) is 38.4 Å². The number of H-pyrrole nitrogens is 1. The van der Waals surface area contributed by atoms with E-state index >= 15 is 0 Å². The molecule has 1 aromatic carbocycles. The number of fused-ring (bicyclic) bond motifs is 1. The Morgan fingerprint density at radius 3 is 3.04 bits per heavy atom. The normalized spacial score (nSPS) is 19.1. The second kappa shape index (κ2) is 7.95. The number of rotatable bonds is 5. The van der Waals surface area contributed by atoms with E-state index < -0.39 is 0 Å². The predicted molar refractivity (Wildman–Crippen MR) is 96.9 cm³/mol. The molecular formula is C19H27FN4O. The van der Waals surface area contributed by atoms with Crippen molar-refractivity contribution < 1.29 is 9.18 Å². The van der Waals surface area contributed by atoms with Crippen LogP contribution in [0.15, 0.2) is 18.2 Å². The van der Waals surface area contributed by atoms with E-state index in [9.17, 15) is 9.18 Å². The number of likely N-dealkylation sites (N-methyl/N-ethyl adjacent to an activating group) is 2. The van der Waals surface area contributed by atoms with Gasteiger partial charge in [-0.05, 0) is 51.6 Å². The maximum Gasteiger partial charge on any atom is 0.239 e. The van der Waals surface area contributed by atoms with Gasteiger partial charge in [-0.3, -0.25) is 9.69 Å². The molecule has 3 rings (SSSR count). The molecule has 0 saturated carbocycles. The second-order valence-electron chi connectivity index (χ2n) is 6.86. The summed E-state index contributed by atoms with van der Waals surface area (Å²) >= 11 is 0. The van der Waals surface area contributed by atoms with Crippen molar-refractivity contribution in [3.05, 3.63) is 29.8 Å². The van der Waals surface area contributed by atoms with Crippen molar-refractivity contribution in [3.63, 3.8) is 0 Å². The quantitative estimate of drug-likeness (QED) is 0.905. The van der Waals surface area contributed by atoms with Crippen LogP contribution in [0.25, 0.3) is 11.0 Å². The lowest BCUT2D eigenvalue weighted by Crippen LogP contribution is -2.47. The summed E-state index contributed by atoms with van der Waals surface area (Å²) in [7, 11) is 2.05. The Hall–Kier alpha value is -1.95. The van der Waals surface area contributed by atoms with E-state index in [0.29, 0.717) is 25.0 Å². The lowest BCUT2D eigenvalue weighted by Gasteiger charge is -2.30. The zero-order valence-corrected chi connectivity index (χ0v) is 15.1. The molecule has 2 aromatic rings. The standard InChI is InChI=1S/C19H27FN4O/c1-3-24(19(25)17-7-5-4-6-11-23(17)2)12-10-18-21-15-9-8-14(20)13-16(15)22-18/h8-9,13,17H,3-7,10-12H2,1-2H3,(H,21,22)/t17-/m1/s1. The number of halogens is 1. The fourth-order valence-corrected chi connectivity index (χ4v) is 3.59. The van der Waals surface area contributed by atoms with Crippen molar-refractivity contribution in [2.45, 2.75) is 45.1 Å². The zero-order valence-electron chi connectivity index (χ0n) is 15.1. The zero-order chi connectivity index (χ0) is 17.8. The van der Waals surface area contributed by atoms with Crippen molar-refractivity contribution in [3.8, 4) is 0 Å². The van der Waals surface area contributed by atoms with Crippen LogP contribution in [-0.2, 0) is 11.2 Å². The van der Waals surface area contributed by atoms with Gasteiger partial charge < -0.3 is 9.88 Å². The monoisotopic (exact) mass is 346 g/mol. The molecule has 1 amide bonds. The SMILES string of the molecule is CCN(CCc1nc2ccc(F)cc2[nH]1)C(=O)[C@H]1CCCCCN1C. The average Bonchev–Trinajstić information content (AvgIpc) is 2.87. The van der Waals surface area contributed by atoms with E-state index in [1.165, 1.54) is 25.0 Å². The van der Waals surface area contributed by atoms with Crippen LogP contribution in [0, 0.1) is 5.82 Å². The molecule has 1 atom stereocenters. The van der Waals surface area contributed by atoms with Gasteiger partial charge in [0, 0.05) is 19.5 Å². The number of hydrogen-bond donors (Lipinski definition) is 1. The number of nitrogens with one attached hydrogen (secondary N) is 1. The fraction of sp³-hybridized carbons (Fsp3) is 0.579. The molecule has 0 unspecified atom stereocenters. The number of benzene rings is 1. The summed E-state index contributed by atoms with van der Waals surface area (Å²) in [5, 5.41) is 0. The number of carbonyl (C=O) groups is 1. The molecule has 0 aliphatic carbocycles. The van der Waals surface area contributed by atoms with Crippen molar-refractivity contribution in [2.75, 3.05) is 26.7 Å². The minimum absolute atomic E-state index is 0.00720. The van der Waals surface area contributed by atoms with Crippen LogP contribution in [0.4, 0.5) is 4.39 Å². The summed E-state index contributed by atoms with van der Waals surface area (Å²) in [5.41, 5.74) is 1.46. The van der Waals surface area contributed by atoms with E-state index in [0.717, 1.165) is 30.7 Å². The van der Waals surface area contributed by atoms with Crippen LogP contribution in [-0.4, -0.2) is 58.4 Å². The molecule has 1 aliphatic heterocycles. The van der Waals surface area contributed by atoms with Gasteiger partial charge in [0.1, 0.15) is 11.6 Å². The average molecular weight is 346 g/mol. The first-order chi connectivity index (χ1) is 12.1. The van der Waals surface area contributed by atoms with E-state index in [-0.39, 0.29) is 17.8 Å². The number of likely N-dealkylation sites (tertiary alicyclic amines) is 1. The van der Waals surface area contributed by atoms with Crippen LogP contribution in [0.3, 0.4) is 0 Å². The first kappa shape index (κ1) is 17.9. The van der Waals surface area contributed by atoms with Gasteiger partial charge >= 0.3 is 0 Å². The lowest BCUT2D eigenvalue weighted by molar-refractivity contribution is -0.136. The Balaban J connectivity index is 1.65. The molecule has 0 radical (unpaired) electrons. The molecule has 5 nitrogen and oxygen atoms in total. The van der Waals surface area contributed by atoms with Crippen molar-refractivity contribution in [1.82, 2.24) is 19.8 Å². The summed E-state index contributed by atoms with van der Waals surface area (Å²) < 4.78 is 13.3. The number of hydrogen-bond acceptors (Lipinski definition) is 3. The highest BCUT2D eigenvalue weighted by Gasteiger charge is 2.28. The Morgan fingerprint density at radius 1 is 1.40 bits per heavy atom. The maximum atomic E-state index is 13.3. The molecule has 1 aromatic heterocycles. The van der Waals surface area contributed by atoms with Crippen molar-refractivity contribution in [2.24, 2.45) is 0 Å². The first-order valence-corrected chi connectivity index (χ1v) is 9.21. The number of nitrogens with zero attached hydrogens (tertiary/aromatic N) is 3. The third-order valence-corrected chi connectivity index (χ3v) is 5.11. The summed E-state index contributed by atoms with van der Waals surface area (Å²) in [6, 6.07) is 4.53. The highest BCUT2D eigenvalue weighted by atomic mass is 19.1. The smallest absolute Gasteiger partial charge is 0.239 e. The predicted octanol–water partition coefficient (Wildman–Crippen LogP) is 2.97. The van der Waals surface area contributed by atoms with E-state index in [2.05, 4.69) is 21.9 Å².